The number of halogens is 1. The highest BCUT2D eigenvalue weighted by atomic mass is 79.9. The highest BCUT2D eigenvalue weighted by Gasteiger charge is 2.06. The molecule has 4 aromatic rings. The van der Waals surface area contributed by atoms with E-state index in [1.54, 1.807) is 29.0 Å². The van der Waals surface area contributed by atoms with Gasteiger partial charge in [-0.25, -0.2) is 0 Å². The topological polar surface area (TPSA) is 52.3 Å². The van der Waals surface area contributed by atoms with E-state index in [2.05, 4.69) is 62.4 Å². The van der Waals surface area contributed by atoms with E-state index in [-0.39, 0.29) is 0 Å². The molecule has 0 aliphatic carbocycles. The van der Waals surface area contributed by atoms with Crippen molar-refractivity contribution in [1.82, 2.24) is 14.9 Å². The Kier molecular flexibility index (Phi) is 7.17. The highest BCUT2D eigenvalue weighted by Crippen LogP contribution is 2.22. The molecule has 0 bridgehead atoms. The van der Waals surface area contributed by atoms with E-state index in [0.29, 0.717) is 6.61 Å². The summed E-state index contributed by atoms with van der Waals surface area (Å²) in [7, 11) is 0. The molecule has 31 heavy (non-hydrogen) atoms. The molecule has 0 spiro atoms. The second kappa shape index (κ2) is 10.4. The molecule has 0 aliphatic rings. The van der Waals surface area contributed by atoms with Crippen LogP contribution in [0.4, 0.5) is 0 Å². The minimum absolute atomic E-state index is 0.489. The van der Waals surface area contributed by atoms with Gasteiger partial charge in [0.1, 0.15) is 18.7 Å². The predicted molar refractivity (Wildman–Crippen MR) is 129 cm³/mol. The third-order valence-electron chi connectivity index (χ3n) is 4.54. The number of para-hydroxylation sites is 1. The van der Waals surface area contributed by atoms with Gasteiger partial charge in [-0.15, -0.1) is 10.2 Å². The summed E-state index contributed by atoms with van der Waals surface area (Å²) in [5.74, 6) is 1.58. The molecule has 0 saturated carbocycles. The first-order chi connectivity index (χ1) is 15.2. The molecular weight excluding hydrogens is 472 g/mol. The van der Waals surface area contributed by atoms with Crippen molar-refractivity contribution >= 4 is 33.9 Å². The third-order valence-corrected chi connectivity index (χ3v) is 6.07. The van der Waals surface area contributed by atoms with E-state index < -0.39 is 0 Å². The van der Waals surface area contributed by atoms with E-state index in [0.717, 1.165) is 32.3 Å². The number of aromatic nitrogens is 3. The molecule has 0 amide bonds. The Hall–Kier alpha value is -2.90. The van der Waals surface area contributed by atoms with Gasteiger partial charge in [0.15, 0.2) is 0 Å². The van der Waals surface area contributed by atoms with Gasteiger partial charge in [-0.05, 0) is 42.3 Å². The molecule has 1 heterocycles. The Morgan fingerprint density at radius 2 is 1.74 bits per heavy atom. The van der Waals surface area contributed by atoms with Gasteiger partial charge in [0, 0.05) is 15.8 Å². The molecule has 0 atom stereocenters. The van der Waals surface area contributed by atoms with Crippen molar-refractivity contribution in [3.05, 3.63) is 106 Å². The largest absolute Gasteiger partial charge is 0.488 e. The second-order valence-electron chi connectivity index (χ2n) is 6.93. The lowest BCUT2D eigenvalue weighted by molar-refractivity contribution is 0.306. The number of benzene rings is 3. The fourth-order valence-corrected chi connectivity index (χ4v) is 3.89. The van der Waals surface area contributed by atoms with Crippen LogP contribution in [0.3, 0.4) is 0 Å². The summed E-state index contributed by atoms with van der Waals surface area (Å²) in [6.07, 6.45) is 3.38. The summed E-state index contributed by atoms with van der Waals surface area (Å²) in [6, 6.07) is 24.4. The predicted octanol–water partition coefficient (Wildman–Crippen LogP) is 6.10. The van der Waals surface area contributed by atoms with E-state index in [9.17, 15) is 0 Å². The minimum Gasteiger partial charge on any atom is -0.488 e. The fourth-order valence-electron chi connectivity index (χ4n) is 2.81. The molecule has 0 radical (unpaired) electrons. The molecule has 1 aromatic heterocycles. The first-order valence-electron chi connectivity index (χ1n) is 9.76. The molecule has 0 N–H and O–H groups in total. The van der Waals surface area contributed by atoms with Gasteiger partial charge in [0.2, 0.25) is 5.16 Å². The Labute approximate surface area is 194 Å². The lowest BCUT2D eigenvalue weighted by Gasteiger charge is -2.09. The van der Waals surface area contributed by atoms with Crippen LogP contribution in [-0.4, -0.2) is 21.1 Å². The first-order valence-corrected chi connectivity index (χ1v) is 11.5. The van der Waals surface area contributed by atoms with Crippen molar-refractivity contribution < 1.29 is 4.74 Å². The molecule has 7 heteroatoms. The zero-order chi connectivity index (χ0) is 21.5. The summed E-state index contributed by atoms with van der Waals surface area (Å²) < 4.78 is 8.76. The number of nitrogens with zero attached hydrogens (tertiary/aromatic N) is 4. The molecule has 0 aliphatic heterocycles. The van der Waals surface area contributed by atoms with E-state index in [1.165, 1.54) is 11.1 Å². The minimum atomic E-state index is 0.489. The Balaban J connectivity index is 1.42. The molecule has 156 valence electrons. The molecular formula is C24H21BrN4OS. The monoisotopic (exact) mass is 492 g/mol. The van der Waals surface area contributed by atoms with Gasteiger partial charge in [-0.3, -0.25) is 0 Å². The van der Waals surface area contributed by atoms with Gasteiger partial charge in [-0.1, -0.05) is 81.8 Å². The van der Waals surface area contributed by atoms with Gasteiger partial charge in [0.05, 0.1) is 6.21 Å². The smallest absolute Gasteiger partial charge is 0.212 e. The third kappa shape index (κ3) is 6.06. The molecule has 0 fully saturated rings. The summed E-state index contributed by atoms with van der Waals surface area (Å²) >= 11 is 5.05. The number of rotatable bonds is 8. The number of hydrogen-bond donors (Lipinski definition) is 0. The van der Waals surface area contributed by atoms with Gasteiger partial charge >= 0.3 is 0 Å². The van der Waals surface area contributed by atoms with E-state index in [4.69, 9.17) is 4.74 Å². The van der Waals surface area contributed by atoms with E-state index >= 15 is 0 Å². The van der Waals surface area contributed by atoms with E-state index in [1.807, 2.05) is 48.5 Å². The fraction of sp³-hybridized carbons (Fsp3) is 0.125. The van der Waals surface area contributed by atoms with Gasteiger partial charge < -0.3 is 4.74 Å². The maximum atomic E-state index is 6.03. The van der Waals surface area contributed by atoms with Crippen molar-refractivity contribution in [3.63, 3.8) is 0 Å². The summed E-state index contributed by atoms with van der Waals surface area (Å²) in [5.41, 5.74) is 4.48. The van der Waals surface area contributed by atoms with Crippen molar-refractivity contribution in [2.45, 2.75) is 24.4 Å². The highest BCUT2D eigenvalue weighted by molar-refractivity contribution is 9.10. The maximum Gasteiger partial charge on any atom is 0.212 e. The molecule has 4 rings (SSSR count). The summed E-state index contributed by atoms with van der Waals surface area (Å²) in [4.78, 5) is 0. The van der Waals surface area contributed by atoms with Crippen LogP contribution in [0.1, 0.15) is 22.3 Å². The quantitative estimate of drug-likeness (QED) is 0.220. The zero-order valence-electron chi connectivity index (χ0n) is 17.0. The number of aryl methyl sites for hydroxylation is 1. The summed E-state index contributed by atoms with van der Waals surface area (Å²) in [6.45, 7) is 2.57. The first kappa shape index (κ1) is 21.3. The SMILES string of the molecule is Cc1ccc(CSc2nncn2/N=C\c2ccccc2OCc2ccc(Br)cc2)cc1. The Morgan fingerprint density at radius 3 is 2.55 bits per heavy atom. The number of thioether (sulfide) groups is 1. The van der Waals surface area contributed by atoms with Crippen molar-refractivity contribution in [2.24, 2.45) is 5.10 Å². The number of hydrogen-bond acceptors (Lipinski definition) is 5. The molecule has 5 nitrogen and oxygen atoms in total. The lowest BCUT2D eigenvalue weighted by Crippen LogP contribution is -1.99. The van der Waals surface area contributed by atoms with Crippen LogP contribution in [0, 0.1) is 6.92 Å². The summed E-state index contributed by atoms with van der Waals surface area (Å²) in [5, 5.41) is 13.5. The van der Waals surface area contributed by atoms with Gasteiger partial charge in [0.25, 0.3) is 0 Å². The lowest BCUT2D eigenvalue weighted by atomic mass is 10.2. The van der Waals surface area contributed by atoms with Crippen LogP contribution in [0.5, 0.6) is 5.75 Å². The van der Waals surface area contributed by atoms with Crippen LogP contribution in [0.2, 0.25) is 0 Å². The molecule has 3 aromatic carbocycles. The average molecular weight is 493 g/mol. The normalized spacial score (nSPS) is 11.2. The zero-order valence-corrected chi connectivity index (χ0v) is 19.4. The van der Waals surface area contributed by atoms with Crippen molar-refractivity contribution in [1.29, 1.82) is 0 Å². The van der Waals surface area contributed by atoms with Crippen molar-refractivity contribution in [3.8, 4) is 5.75 Å². The maximum absolute atomic E-state index is 6.03. The van der Waals surface area contributed by atoms with Crippen LogP contribution < -0.4 is 4.74 Å². The standard InChI is InChI=1S/C24H21BrN4OS/c1-18-6-8-20(9-7-18)16-31-24-28-26-17-29(24)27-14-21-4-2-3-5-23(21)30-15-19-10-12-22(25)13-11-19/h2-14,17H,15-16H2,1H3/b27-14-. The number of ether oxygens (including phenoxy) is 1. The molecule has 0 saturated heterocycles. The molecule has 0 unspecified atom stereocenters. The Morgan fingerprint density at radius 1 is 1.00 bits per heavy atom. The Bertz CT molecular complexity index is 1160. The van der Waals surface area contributed by atoms with Crippen LogP contribution in [0.25, 0.3) is 0 Å². The average Bonchev–Trinajstić information content (AvgIpc) is 3.25. The second-order valence-corrected chi connectivity index (χ2v) is 8.79. The van der Waals surface area contributed by atoms with Gasteiger partial charge in [-0.2, -0.15) is 9.78 Å². The van der Waals surface area contributed by atoms with Crippen molar-refractivity contribution in [2.75, 3.05) is 0 Å². The van der Waals surface area contributed by atoms with Crippen LogP contribution in [0.15, 0.2) is 93.9 Å². The van der Waals surface area contributed by atoms with Crippen LogP contribution >= 0.6 is 27.7 Å². The van der Waals surface area contributed by atoms with Crippen LogP contribution in [-0.2, 0) is 12.4 Å².